The van der Waals surface area contributed by atoms with Gasteiger partial charge in [0.1, 0.15) is 71.2 Å². The maximum Gasteiger partial charge on any atom is 1.00 e. The van der Waals surface area contributed by atoms with Crippen molar-refractivity contribution < 1.29 is 116 Å². The number of aromatic nitrogens is 2. The van der Waals surface area contributed by atoms with E-state index < -0.39 is 118 Å². The molecule has 4 heterocycles. The first kappa shape index (κ1) is 77.4. The van der Waals surface area contributed by atoms with Crippen LogP contribution in [-0.2, 0) is 52.5 Å². The molecule has 2 aliphatic heterocycles. The fourth-order valence-electron chi connectivity index (χ4n) is 13.8. The Hall–Kier alpha value is -8.36. The molecule has 4 aliphatic carbocycles. The Morgan fingerprint density at radius 2 is 0.940 bits per heavy atom. The number of nitrogens with zero attached hydrogens (tertiary/aromatic N) is 4. The summed E-state index contributed by atoms with van der Waals surface area (Å²) in [4.78, 5) is 145. The molecule has 2 aromatic heterocycles. The second-order valence-electron chi connectivity index (χ2n) is 29.1. The number of carboxylic acids is 1. The Bertz CT molecular complexity index is 3870. The molecule has 0 bridgehead atoms. The summed E-state index contributed by atoms with van der Waals surface area (Å²) in [6, 6.07) is 5.86. The molecule has 26 nitrogen and oxygen atoms in total. The van der Waals surface area contributed by atoms with Gasteiger partial charge in [-0.2, -0.15) is 0 Å². The van der Waals surface area contributed by atoms with Gasteiger partial charge in [-0.15, -0.1) is 13.2 Å². The second kappa shape index (κ2) is 31.3. The monoisotopic (exact) mass is 1390 g/mol. The molecule has 100 heavy (non-hydrogen) atoms. The van der Waals surface area contributed by atoms with E-state index >= 15 is 0 Å². The van der Waals surface area contributed by atoms with Crippen molar-refractivity contribution >= 4 is 81.5 Å². The van der Waals surface area contributed by atoms with Crippen LogP contribution in [0.15, 0.2) is 61.7 Å². The van der Waals surface area contributed by atoms with Gasteiger partial charge in [0, 0.05) is 47.6 Å². The summed E-state index contributed by atoms with van der Waals surface area (Å²) in [5, 5.41) is 24.3. The van der Waals surface area contributed by atoms with Crippen LogP contribution >= 0.6 is 0 Å². The molecule has 27 heteroatoms. The fourth-order valence-corrected chi connectivity index (χ4v) is 13.8. The van der Waals surface area contributed by atoms with E-state index in [9.17, 15) is 53.1 Å². The standard InChI is InChI=1S/C37H48N4O9.C36H46N4O9.Na/c1-9-22-18-37(22,34(45)48-8)40-31(42)27-16-24(49-28-17-26(33(44)47-7)38-29-21(3)20(2)14-15-25(28)29)19-41(27)32(43)30(36(4,5)6)39-35(46)50-23-12-10-11-13-23;1-8-21-17-36(21,33(45)47-7)39-30(41)26-15-23(48-27-16-25(32(43)44)37-28-20(3)19(2)13-14-24(27)28)18-40(26)31(42)29(35(4,5)6)38-34(46)49-22-11-9-10-12-22;/h9,14-15,17,22-24,27,30H,1,10-13,16,18-19H2,2-8H3,(H,39,46)(H,40,42);8,13-14,16,21-23,26,29H,1,9-12,15,17-18H2,2-7H3,(H,38,46)(H,39,41)(H,43,44);/q;;+1/p-1/t22-,24-,27+,30-,37-;21-,23-,26+,29-,36-;/m11./s1. The van der Waals surface area contributed by atoms with E-state index in [2.05, 4.69) is 44.4 Å². The molecule has 6 fully saturated rings. The number of pyridine rings is 2. The van der Waals surface area contributed by atoms with E-state index in [0.29, 0.717) is 40.4 Å². The minimum atomic E-state index is -1.48. The van der Waals surface area contributed by atoms with E-state index in [1.54, 1.807) is 39.0 Å². The number of nitrogens with one attached hydrogen (secondary N) is 4. The van der Waals surface area contributed by atoms with Crippen LogP contribution in [0.4, 0.5) is 9.59 Å². The number of alkyl carbamates (subject to hydrolysis) is 2. The third kappa shape index (κ3) is 16.7. The third-order valence-electron chi connectivity index (χ3n) is 20.1. The molecule has 4 aromatic rings. The van der Waals surface area contributed by atoms with Crippen molar-refractivity contribution in [3.8, 4) is 11.5 Å². The van der Waals surface area contributed by atoms with Crippen LogP contribution in [-0.4, -0.2) is 174 Å². The zero-order chi connectivity index (χ0) is 72.4. The second-order valence-corrected chi connectivity index (χ2v) is 29.1. The van der Waals surface area contributed by atoms with E-state index in [-0.39, 0.29) is 96.7 Å². The summed E-state index contributed by atoms with van der Waals surface area (Å²) < 4.78 is 39.1. The maximum absolute atomic E-state index is 14.5. The van der Waals surface area contributed by atoms with Crippen LogP contribution in [0.25, 0.3) is 21.8 Å². The van der Waals surface area contributed by atoms with Crippen LogP contribution < -0.4 is 65.4 Å². The van der Waals surface area contributed by atoms with Gasteiger partial charge in [0.15, 0.2) is 5.69 Å². The summed E-state index contributed by atoms with van der Waals surface area (Å²) in [7, 11) is 3.75. The van der Waals surface area contributed by atoms with Gasteiger partial charge in [-0.05, 0) is 137 Å². The van der Waals surface area contributed by atoms with Crippen LogP contribution in [0.2, 0.25) is 0 Å². The van der Waals surface area contributed by atoms with Crippen LogP contribution in [0.1, 0.15) is 162 Å². The first-order valence-electron chi connectivity index (χ1n) is 33.8. The zero-order valence-electron chi connectivity index (χ0n) is 59.8. The van der Waals surface area contributed by atoms with Gasteiger partial charge in [0.2, 0.25) is 23.6 Å². The number of rotatable bonds is 20. The van der Waals surface area contributed by atoms with Crippen LogP contribution in [0.3, 0.4) is 0 Å². The predicted molar refractivity (Wildman–Crippen MR) is 360 cm³/mol. The summed E-state index contributed by atoms with van der Waals surface area (Å²) in [5.74, 6) is -5.70. The number of fused-ring (bicyclic) bond motifs is 2. The molecule has 6 amide bonds. The number of benzene rings is 2. The van der Waals surface area contributed by atoms with Crippen molar-refractivity contribution in [2.24, 2.45) is 22.7 Å². The molecule has 0 radical (unpaired) electrons. The number of likely N-dealkylation sites (tertiary alicyclic amines) is 2. The number of ether oxygens (including phenoxy) is 7. The molecule has 0 unspecified atom stereocenters. The van der Waals surface area contributed by atoms with E-state index in [4.69, 9.17) is 33.2 Å². The van der Waals surface area contributed by atoms with Crippen molar-refractivity contribution in [2.75, 3.05) is 34.4 Å². The number of amides is 6. The number of aromatic carboxylic acids is 1. The molecule has 2 saturated heterocycles. The molecule has 534 valence electrons. The largest absolute Gasteiger partial charge is 1.00 e. The maximum atomic E-state index is 14.5. The molecule has 0 spiro atoms. The summed E-state index contributed by atoms with van der Waals surface area (Å²) in [5.41, 5.74) is 0.0544. The minimum absolute atomic E-state index is 0. The number of hydrogen-bond donors (Lipinski definition) is 4. The van der Waals surface area contributed by atoms with E-state index in [1.165, 1.54) is 43.3 Å². The number of aryl methyl sites for hydroxylation is 4. The Balaban J connectivity index is 0.000000252. The van der Waals surface area contributed by atoms with Gasteiger partial charge < -0.3 is 74.1 Å². The zero-order valence-corrected chi connectivity index (χ0v) is 61.8. The average molecular weight is 1390 g/mol. The van der Waals surface area contributed by atoms with Crippen LogP contribution in [0.5, 0.6) is 11.5 Å². The van der Waals surface area contributed by atoms with Crippen molar-refractivity contribution in [3.63, 3.8) is 0 Å². The third-order valence-corrected chi connectivity index (χ3v) is 20.1. The summed E-state index contributed by atoms with van der Waals surface area (Å²) in [6.07, 6.45) is 7.39. The van der Waals surface area contributed by atoms with Crippen molar-refractivity contribution in [3.05, 3.63) is 95.3 Å². The Labute approximate surface area is 604 Å². The molecule has 6 aliphatic rings. The smallest absolute Gasteiger partial charge is 0.543 e. The van der Waals surface area contributed by atoms with Gasteiger partial charge in [-0.3, -0.25) is 19.2 Å². The van der Waals surface area contributed by atoms with Crippen molar-refractivity contribution in [1.82, 2.24) is 41.0 Å². The number of esters is 3. The van der Waals surface area contributed by atoms with Crippen molar-refractivity contribution in [1.29, 1.82) is 0 Å². The number of carboxylic acid groups (broad SMARTS) is 1. The molecule has 10 atom stereocenters. The molecular weight excluding hydrogens is 1300 g/mol. The molecule has 4 N–H and O–H groups in total. The van der Waals surface area contributed by atoms with E-state index in [0.717, 1.165) is 73.6 Å². The topological polar surface area (TPSA) is 339 Å². The Kier molecular flexibility index (Phi) is 24.2. The fraction of sp³-hybridized carbons (Fsp3) is 0.562. The molecular formula is C73H93N8NaO18. The minimum Gasteiger partial charge on any atom is -0.543 e. The normalized spacial score (nSPS) is 23.8. The molecule has 2 aromatic carbocycles. The SMILES string of the molecule is C=C[C@@H]1C[C@]1(NC(=O)[C@@H]1C[C@@H](Oc2cc(C(=O)OC)nc3c(C)c(C)ccc23)CN1C(=O)[C@@H](NC(=O)OC1CCCC1)C(C)(C)C)C(=O)OC.C=C[C@@H]1C[C@]1(NC(=O)[C@@H]1C[C@@H](Oc2cc(C(=O)[O-])nc3c(C)c(C)ccc23)CN1C(=O)[C@@H](NC(=O)OC1CCCC1)C(C)(C)C)C(=O)OC.[Na+]. The number of methoxy groups -OCH3 is 3. The number of hydrogen-bond acceptors (Lipinski definition) is 20. The first-order valence-corrected chi connectivity index (χ1v) is 33.8. The molecule has 4 saturated carbocycles. The summed E-state index contributed by atoms with van der Waals surface area (Å²) >= 11 is 0. The predicted octanol–water partition coefficient (Wildman–Crippen LogP) is 4.19. The number of carbonyl (C=O) groups excluding carboxylic acids is 10. The summed E-state index contributed by atoms with van der Waals surface area (Å²) in [6.45, 7) is 25.8. The quantitative estimate of drug-likeness (QED) is 0.0417. The average Bonchev–Trinajstić information content (AvgIpc) is 1.54. The van der Waals surface area contributed by atoms with Crippen molar-refractivity contribution in [2.45, 2.75) is 206 Å². The van der Waals surface area contributed by atoms with Gasteiger partial charge in [-0.1, -0.05) is 65.8 Å². The molecule has 10 rings (SSSR count). The van der Waals surface area contributed by atoms with E-state index in [1.807, 2.05) is 66.7 Å². The Morgan fingerprint density at radius 1 is 0.570 bits per heavy atom. The van der Waals surface area contributed by atoms with Gasteiger partial charge in [0.25, 0.3) is 0 Å². The van der Waals surface area contributed by atoms with Gasteiger partial charge in [-0.25, -0.2) is 33.9 Å². The van der Waals surface area contributed by atoms with Gasteiger partial charge >= 0.3 is 59.7 Å². The van der Waals surface area contributed by atoms with Gasteiger partial charge in [0.05, 0.1) is 57.1 Å². The Morgan fingerprint density at radius 3 is 1.27 bits per heavy atom. The first-order chi connectivity index (χ1) is 46.7. The number of carbonyl (C=O) groups is 10. The van der Waals surface area contributed by atoms with Crippen LogP contribution in [0, 0.1) is 50.4 Å².